The molecule has 0 saturated carbocycles. The Morgan fingerprint density at radius 3 is 3.00 bits per heavy atom. The van der Waals surface area contributed by atoms with E-state index in [1.54, 1.807) is 0 Å². The Morgan fingerprint density at radius 2 is 2.26 bits per heavy atom. The molecule has 4 nitrogen and oxygen atoms in total. The Labute approximate surface area is 118 Å². The number of nitrogens with zero attached hydrogens (tertiary/aromatic N) is 1. The number of aliphatic hydroxyl groups is 1. The summed E-state index contributed by atoms with van der Waals surface area (Å²) < 4.78 is 0. The Balaban J connectivity index is 1.80. The van der Waals surface area contributed by atoms with E-state index in [1.807, 2.05) is 29.2 Å². The van der Waals surface area contributed by atoms with E-state index in [0.29, 0.717) is 18.1 Å². The minimum absolute atomic E-state index is 0.0275. The van der Waals surface area contributed by atoms with Crippen molar-refractivity contribution in [2.24, 2.45) is 0 Å². The van der Waals surface area contributed by atoms with Crippen LogP contribution in [0.1, 0.15) is 18.4 Å². The summed E-state index contributed by atoms with van der Waals surface area (Å²) in [7, 11) is 0. The van der Waals surface area contributed by atoms with Gasteiger partial charge in [-0.1, -0.05) is 29.8 Å². The van der Waals surface area contributed by atoms with Gasteiger partial charge in [0.25, 0.3) is 0 Å². The van der Waals surface area contributed by atoms with Crippen molar-refractivity contribution >= 4 is 17.5 Å². The maximum Gasteiger partial charge on any atom is 0.234 e. The molecule has 1 aromatic carbocycles. The highest BCUT2D eigenvalue weighted by Crippen LogP contribution is 2.16. The minimum atomic E-state index is -0.0275. The number of hydrogen-bond donors (Lipinski definition) is 2. The van der Waals surface area contributed by atoms with E-state index in [4.69, 9.17) is 11.6 Å². The van der Waals surface area contributed by atoms with Gasteiger partial charge in [-0.15, -0.1) is 0 Å². The van der Waals surface area contributed by atoms with Gasteiger partial charge in [-0.05, 0) is 31.0 Å². The summed E-state index contributed by atoms with van der Waals surface area (Å²) >= 11 is 6.03. The molecule has 0 spiro atoms. The highest BCUT2D eigenvalue weighted by atomic mass is 35.5. The third-order valence-corrected chi connectivity index (χ3v) is 3.86. The number of halogens is 1. The number of amides is 1. The molecule has 0 aliphatic carbocycles. The molecule has 1 aliphatic heterocycles. The molecule has 1 aliphatic rings. The van der Waals surface area contributed by atoms with Gasteiger partial charge in [0, 0.05) is 17.6 Å². The molecule has 1 amide bonds. The minimum Gasteiger partial charge on any atom is -0.395 e. The first-order chi connectivity index (χ1) is 9.20. The zero-order valence-corrected chi connectivity index (χ0v) is 11.6. The predicted molar refractivity (Wildman–Crippen MR) is 75.0 cm³/mol. The molecule has 0 radical (unpaired) electrons. The van der Waals surface area contributed by atoms with Crippen LogP contribution in [-0.2, 0) is 11.3 Å². The van der Waals surface area contributed by atoms with Crippen LogP contribution in [0.3, 0.4) is 0 Å². The Morgan fingerprint density at radius 1 is 1.47 bits per heavy atom. The monoisotopic (exact) mass is 282 g/mol. The van der Waals surface area contributed by atoms with Crippen LogP contribution in [0.5, 0.6) is 0 Å². The molecule has 1 atom stereocenters. The van der Waals surface area contributed by atoms with Gasteiger partial charge in [-0.3, -0.25) is 9.69 Å². The van der Waals surface area contributed by atoms with Gasteiger partial charge in [0.05, 0.1) is 13.2 Å². The van der Waals surface area contributed by atoms with Gasteiger partial charge in [-0.25, -0.2) is 0 Å². The first-order valence-electron chi connectivity index (χ1n) is 6.55. The fraction of sp³-hybridized carbons (Fsp3) is 0.500. The van der Waals surface area contributed by atoms with Crippen LogP contribution in [-0.4, -0.2) is 41.7 Å². The molecule has 0 unspecified atom stereocenters. The first-order valence-corrected chi connectivity index (χ1v) is 6.93. The maximum atomic E-state index is 11.9. The van der Waals surface area contributed by atoms with Gasteiger partial charge in [0.2, 0.25) is 5.91 Å². The zero-order valence-electron chi connectivity index (χ0n) is 10.8. The number of benzene rings is 1. The van der Waals surface area contributed by atoms with Gasteiger partial charge in [0.15, 0.2) is 0 Å². The van der Waals surface area contributed by atoms with Crippen molar-refractivity contribution in [2.75, 3.05) is 19.7 Å². The molecule has 2 rings (SSSR count). The van der Waals surface area contributed by atoms with Crippen molar-refractivity contribution in [3.63, 3.8) is 0 Å². The fourth-order valence-electron chi connectivity index (χ4n) is 2.39. The molecule has 0 aromatic heterocycles. The normalized spacial score (nSPS) is 19.6. The van der Waals surface area contributed by atoms with E-state index in [-0.39, 0.29) is 18.6 Å². The third-order valence-electron chi connectivity index (χ3n) is 3.49. The Hall–Kier alpha value is -1.10. The highest BCUT2D eigenvalue weighted by Gasteiger charge is 2.25. The summed E-state index contributed by atoms with van der Waals surface area (Å²) in [6.07, 6.45) is 2.01. The van der Waals surface area contributed by atoms with Gasteiger partial charge < -0.3 is 10.4 Å². The Bertz CT molecular complexity index is 439. The SMILES string of the molecule is O=C(CN1CCC[C@H]1CO)NCc1ccccc1Cl. The van der Waals surface area contributed by atoms with Crippen molar-refractivity contribution in [2.45, 2.75) is 25.4 Å². The number of carbonyl (C=O) groups is 1. The zero-order chi connectivity index (χ0) is 13.7. The standard InChI is InChI=1S/C14H19ClN2O2/c15-13-6-2-1-4-11(13)8-16-14(19)9-17-7-3-5-12(17)10-18/h1-2,4,6,12,18H,3,5,7-10H2,(H,16,19)/t12-/m0/s1. The predicted octanol–water partition coefficient (Wildman–Crippen LogP) is 1.41. The average molecular weight is 283 g/mol. The van der Waals surface area contributed by atoms with Crippen LogP contribution in [0.2, 0.25) is 5.02 Å². The lowest BCUT2D eigenvalue weighted by Crippen LogP contribution is -2.40. The van der Waals surface area contributed by atoms with E-state index in [0.717, 1.165) is 24.9 Å². The number of hydrogen-bond acceptors (Lipinski definition) is 3. The summed E-state index contributed by atoms with van der Waals surface area (Å²) in [6.45, 7) is 1.79. The molecule has 1 fully saturated rings. The second-order valence-electron chi connectivity index (χ2n) is 4.82. The maximum absolute atomic E-state index is 11.9. The summed E-state index contributed by atoms with van der Waals surface area (Å²) in [4.78, 5) is 13.9. The van der Waals surface area contributed by atoms with Crippen LogP contribution in [0, 0.1) is 0 Å². The van der Waals surface area contributed by atoms with Crippen LogP contribution >= 0.6 is 11.6 Å². The van der Waals surface area contributed by atoms with E-state index in [2.05, 4.69) is 5.32 Å². The number of rotatable bonds is 5. The topological polar surface area (TPSA) is 52.6 Å². The number of nitrogens with one attached hydrogen (secondary N) is 1. The molecule has 5 heteroatoms. The van der Waals surface area contributed by atoms with Crippen LogP contribution < -0.4 is 5.32 Å². The van der Waals surface area contributed by atoms with E-state index in [1.165, 1.54) is 0 Å². The quantitative estimate of drug-likeness (QED) is 0.859. The third kappa shape index (κ3) is 3.93. The summed E-state index contributed by atoms with van der Waals surface area (Å²) in [5, 5.41) is 12.7. The van der Waals surface area contributed by atoms with E-state index >= 15 is 0 Å². The second-order valence-corrected chi connectivity index (χ2v) is 5.22. The van der Waals surface area contributed by atoms with Crippen LogP contribution in [0.25, 0.3) is 0 Å². The molecule has 19 heavy (non-hydrogen) atoms. The summed E-state index contributed by atoms with van der Waals surface area (Å²) in [6, 6.07) is 7.60. The lowest BCUT2D eigenvalue weighted by atomic mass is 10.2. The van der Waals surface area contributed by atoms with Crippen molar-refractivity contribution < 1.29 is 9.90 Å². The molecular formula is C14H19ClN2O2. The molecule has 1 saturated heterocycles. The van der Waals surface area contributed by atoms with Crippen molar-refractivity contribution in [3.8, 4) is 0 Å². The van der Waals surface area contributed by atoms with Crippen molar-refractivity contribution in [3.05, 3.63) is 34.9 Å². The average Bonchev–Trinajstić information content (AvgIpc) is 2.85. The molecular weight excluding hydrogens is 264 g/mol. The molecule has 1 heterocycles. The van der Waals surface area contributed by atoms with Crippen LogP contribution in [0.4, 0.5) is 0 Å². The Kier molecular flexibility index (Phi) is 5.19. The smallest absolute Gasteiger partial charge is 0.234 e. The fourth-order valence-corrected chi connectivity index (χ4v) is 2.59. The van der Waals surface area contributed by atoms with Crippen molar-refractivity contribution in [1.82, 2.24) is 10.2 Å². The molecule has 2 N–H and O–H groups in total. The molecule has 0 bridgehead atoms. The largest absolute Gasteiger partial charge is 0.395 e. The van der Waals surface area contributed by atoms with Gasteiger partial charge >= 0.3 is 0 Å². The van der Waals surface area contributed by atoms with Crippen LogP contribution in [0.15, 0.2) is 24.3 Å². The second kappa shape index (κ2) is 6.89. The number of likely N-dealkylation sites (tertiary alicyclic amines) is 1. The van der Waals surface area contributed by atoms with E-state index < -0.39 is 0 Å². The van der Waals surface area contributed by atoms with Crippen molar-refractivity contribution in [1.29, 1.82) is 0 Å². The lowest BCUT2D eigenvalue weighted by molar-refractivity contribution is -0.122. The summed E-state index contributed by atoms with van der Waals surface area (Å²) in [5.74, 6) is -0.0275. The molecule has 1 aromatic rings. The first kappa shape index (κ1) is 14.3. The van der Waals surface area contributed by atoms with Gasteiger partial charge in [-0.2, -0.15) is 0 Å². The van der Waals surface area contributed by atoms with E-state index in [9.17, 15) is 9.90 Å². The van der Waals surface area contributed by atoms with Gasteiger partial charge in [0.1, 0.15) is 0 Å². The molecule has 104 valence electrons. The summed E-state index contributed by atoms with van der Waals surface area (Å²) in [5.41, 5.74) is 0.914. The number of aliphatic hydroxyl groups excluding tert-OH is 1. The number of carbonyl (C=O) groups excluding carboxylic acids is 1. The highest BCUT2D eigenvalue weighted by molar-refractivity contribution is 6.31. The lowest BCUT2D eigenvalue weighted by Gasteiger charge is -2.21.